The number of aliphatic imine (C=N–C) groups is 2. The van der Waals surface area contributed by atoms with Crippen molar-refractivity contribution in [2.24, 2.45) is 21.5 Å². The van der Waals surface area contributed by atoms with Crippen LogP contribution >= 0.6 is 0 Å². The number of nitrogens with two attached hydrogens (primary N) is 2. The summed E-state index contributed by atoms with van der Waals surface area (Å²) in [6.45, 7) is 2.30. The van der Waals surface area contributed by atoms with Crippen LogP contribution in [0.3, 0.4) is 0 Å². The Labute approximate surface area is 140 Å². The molecule has 136 valence electrons. The lowest BCUT2D eigenvalue weighted by atomic mass is 10.5. The lowest BCUT2D eigenvalue weighted by Gasteiger charge is -2.03. The number of pyridine rings is 1. The largest absolute Gasteiger partial charge is 0.394 e. The van der Waals surface area contributed by atoms with E-state index in [0.717, 1.165) is 0 Å². The minimum absolute atomic E-state index is 0.322. The molecule has 12 nitrogen and oxygen atoms in total. The van der Waals surface area contributed by atoms with Crippen molar-refractivity contribution in [1.29, 1.82) is 0 Å². The van der Waals surface area contributed by atoms with Crippen molar-refractivity contribution >= 4 is 28.5 Å². The van der Waals surface area contributed by atoms with E-state index in [9.17, 15) is 0 Å². The van der Waals surface area contributed by atoms with E-state index < -0.39 is 10.4 Å². The number of nitrogens with one attached hydrogen (secondary N) is 3. The lowest BCUT2D eigenvalue weighted by Crippen LogP contribution is -2.34. The van der Waals surface area contributed by atoms with Gasteiger partial charge in [0.2, 0.25) is 0 Å². The Hall–Kier alpha value is -2.32. The molecule has 1 aromatic heterocycles. The first-order valence-corrected chi connectivity index (χ1v) is 8.07. The van der Waals surface area contributed by atoms with E-state index >= 15 is 0 Å². The highest BCUT2D eigenvalue weighted by molar-refractivity contribution is 7.79. The van der Waals surface area contributed by atoms with Crippen LogP contribution in [0.25, 0.3) is 0 Å². The van der Waals surface area contributed by atoms with E-state index in [0.29, 0.717) is 38.0 Å². The molecule has 0 radical (unpaired) electrons. The summed E-state index contributed by atoms with van der Waals surface area (Å²) in [5, 5.41) is 2.88. The van der Waals surface area contributed by atoms with Gasteiger partial charge in [0, 0.05) is 19.3 Å². The zero-order valence-corrected chi connectivity index (χ0v) is 13.6. The topological polar surface area (TPSA) is 200 Å². The van der Waals surface area contributed by atoms with Crippen molar-refractivity contribution in [2.45, 2.75) is 0 Å². The Morgan fingerprint density at radius 3 is 2.62 bits per heavy atom. The zero-order chi connectivity index (χ0) is 18.3. The molecule has 1 aromatic rings. The number of anilines is 1. The predicted molar refractivity (Wildman–Crippen MR) is 92.1 cm³/mol. The van der Waals surface area contributed by atoms with Crippen molar-refractivity contribution in [2.75, 3.05) is 31.5 Å². The van der Waals surface area contributed by atoms with Gasteiger partial charge < -0.3 is 22.2 Å². The van der Waals surface area contributed by atoms with Crippen LogP contribution in [-0.2, 0) is 10.4 Å². The van der Waals surface area contributed by atoms with Crippen LogP contribution in [0.5, 0.6) is 0 Å². The molecule has 24 heavy (non-hydrogen) atoms. The van der Waals surface area contributed by atoms with Crippen LogP contribution < -0.4 is 27.6 Å². The van der Waals surface area contributed by atoms with Gasteiger partial charge in [-0.15, -0.1) is 0 Å². The fourth-order valence-electron chi connectivity index (χ4n) is 1.14. The number of hydrogen-bond acceptors (Lipinski definition) is 7. The van der Waals surface area contributed by atoms with Gasteiger partial charge in [-0.25, -0.2) is 10.4 Å². The quantitative estimate of drug-likeness (QED) is 0.0912. The maximum atomic E-state index is 8.74. The Morgan fingerprint density at radius 2 is 2.04 bits per heavy atom. The van der Waals surface area contributed by atoms with Crippen LogP contribution in [0.1, 0.15) is 0 Å². The highest BCUT2D eigenvalue weighted by Gasteiger charge is 1.93. The summed E-state index contributed by atoms with van der Waals surface area (Å²) in [7, 11) is -4.67. The number of rotatable bonds is 8. The molecule has 0 fully saturated rings. The van der Waals surface area contributed by atoms with Gasteiger partial charge in [-0.1, -0.05) is 6.07 Å². The fourth-order valence-corrected chi connectivity index (χ4v) is 1.14. The monoisotopic (exact) mass is 362 g/mol. The van der Waals surface area contributed by atoms with Gasteiger partial charge in [-0.05, 0) is 12.1 Å². The number of hydrazine groups is 1. The summed E-state index contributed by atoms with van der Waals surface area (Å²) in [5.74, 6) is 0.989. The normalized spacial score (nSPS) is 11.7. The predicted octanol–water partition coefficient (Wildman–Crippen LogP) is -1.76. The first-order chi connectivity index (χ1) is 11.3. The second kappa shape index (κ2) is 13.1. The number of aromatic nitrogens is 1. The molecule has 0 bridgehead atoms. The van der Waals surface area contributed by atoms with Crippen molar-refractivity contribution < 1.29 is 17.5 Å². The average molecular weight is 362 g/mol. The summed E-state index contributed by atoms with van der Waals surface area (Å²) in [5.41, 5.74) is 16.6. The first kappa shape index (κ1) is 21.7. The van der Waals surface area contributed by atoms with Crippen molar-refractivity contribution in [3.8, 4) is 0 Å². The smallest absolute Gasteiger partial charge is 0.370 e. The second-order valence-corrected chi connectivity index (χ2v) is 4.85. The summed E-state index contributed by atoms with van der Waals surface area (Å²) in [6.07, 6.45) is 3.24. The summed E-state index contributed by atoms with van der Waals surface area (Å²) in [4.78, 5) is 12.3. The summed E-state index contributed by atoms with van der Waals surface area (Å²) < 4.78 is 31.6. The lowest BCUT2D eigenvalue weighted by molar-refractivity contribution is 0.381. The molecule has 0 saturated heterocycles. The van der Waals surface area contributed by atoms with Gasteiger partial charge in [-0.3, -0.25) is 19.1 Å². The highest BCUT2D eigenvalue weighted by atomic mass is 32.3. The first-order valence-electron chi connectivity index (χ1n) is 6.67. The molecule has 0 aliphatic carbocycles. The van der Waals surface area contributed by atoms with Crippen LogP contribution in [0.4, 0.5) is 5.82 Å². The standard InChI is InChI=1S/C11H20N8.H2O4S/c12-4-6-17-18-9-14-7-8-16-11(13)19-10-3-1-2-5-15-10;1-5(2,3)4/h1-3,5,9,17H,4,6-8,12H2,(H,14,18)(H3,13,15,16,19);(H2,1,2,3,4). The molecule has 0 aliphatic heterocycles. The second-order valence-electron chi connectivity index (χ2n) is 3.95. The minimum atomic E-state index is -4.67. The van der Waals surface area contributed by atoms with E-state index in [-0.39, 0.29) is 0 Å². The Bertz CT molecular complexity index is 585. The third-order valence-corrected chi connectivity index (χ3v) is 1.96. The van der Waals surface area contributed by atoms with E-state index in [1.54, 1.807) is 12.5 Å². The van der Waals surface area contributed by atoms with Crippen molar-refractivity contribution in [1.82, 2.24) is 15.8 Å². The maximum absolute atomic E-state index is 8.74. The molecule has 0 saturated carbocycles. The molecule has 0 spiro atoms. The Morgan fingerprint density at radius 1 is 1.33 bits per heavy atom. The van der Waals surface area contributed by atoms with Crippen LogP contribution in [0.2, 0.25) is 0 Å². The van der Waals surface area contributed by atoms with Gasteiger partial charge in [0.05, 0.1) is 19.4 Å². The van der Waals surface area contributed by atoms with Gasteiger partial charge in [0.25, 0.3) is 0 Å². The molecule has 0 aliphatic rings. The molecule has 0 amide bonds. The van der Waals surface area contributed by atoms with Gasteiger partial charge in [0.15, 0.2) is 5.96 Å². The molecule has 1 rings (SSSR count). The number of hydrogen-bond donors (Lipinski definition) is 7. The summed E-state index contributed by atoms with van der Waals surface area (Å²) >= 11 is 0. The molecule has 0 atom stereocenters. The third kappa shape index (κ3) is 17.7. The number of guanidine groups is 1. The maximum Gasteiger partial charge on any atom is 0.394 e. The zero-order valence-electron chi connectivity index (χ0n) is 12.8. The van der Waals surface area contributed by atoms with E-state index in [1.165, 1.54) is 0 Å². The van der Waals surface area contributed by atoms with Gasteiger partial charge >= 0.3 is 10.4 Å². The molecule has 9 N–H and O–H groups in total. The van der Waals surface area contributed by atoms with Crippen LogP contribution in [0, 0.1) is 0 Å². The molecule has 1 heterocycles. The summed E-state index contributed by atoms with van der Waals surface area (Å²) in [6, 6.07) is 5.51. The van der Waals surface area contributed by atoms with Crippen LogP contribution in [-0.4, -0.2) is 61.0 Å². The Kier molecular flexibility index (Phi) is 11.9. The molecule has 0 aromatic carbocycles. The number of nitrogens with zero attached hydrogens (tertiary/aromatic N) is 3. The van der Waals surface area contributed by atoms with E-state index in [4.69, 9.17) is 29.0 Å². The SMILES string of the molecule is NCCNNC=NCCN=C(N)Nc1ccccn1.O=S(=O)(O)O. The average Bonchev–Trinajstić information content (AvgIpc) is 2.49. The molecule has 13 heteroatoms. The van der Waals surface area contributed by atoms with E-state index in [1.807, 2.05) is 18.2 Å². The van der Waals surface area contributed by atoms with Gasteiger partial charge in [-0.2, -0.15) is 8.42 Å². The third-order valence-electron chi connectivity index (χ3n) is 1.96. The van der Waals surface area contributed by atoms with Crippen LogP contribution in [0.15, 0.2) is 34.4 Å². The van der Waals surface area contributed by atoms with E-state index in [2.05, 4.69) is 31.1 Å². The van der Waals surface area contributed by atoms with Gasteiger partial charge in [0.1, 0.15) is 5.82 Å². The van der Waals surface area contributed by atoms with Crippen molar-refractivity contribution in [3.63, 3.8) is 0 Å². The molecule has 0 unspecified atom stereocenters. The fraction of sp³-hybridized carbons (Fsp3) is 0.364. The Balaban J connectivity index is 0.000000922. The molecular weight excluding hydrogens is 340 g/mol. The van der Waals surface area contributed by atoms with Crippen molar-refractivity contribution in [3.05, 3.63) is 24.4 Å². The minimum Gasteiger partial charge on any atom is -0.370 e. The molecular formula is C11H22N8O4S. The highest BCUT2D eigenvalue weighted by Crippen LogP contribution is 1.98.